The first-order valence-corrected chi connectivity index (χ1v) is 4.25. The van der Waals surface area contributed by atoms with Gasteiger partial charge in [0.25, 0.3) is 0 Å². The van der Waals surface area contributed by atoms with Crippen LogP contribution in [0.2, 0.25) is 0 Å². The number of primary amides is 1. The predicted molar refractivity (Wildman–Crippen MR) is 55.7 cm³/mol. The Balaban J connectivity index is 2.65. The average Bonchev–Trinajstić information content (AvgIpc) is 2.22. The Bertz CT molecular complexity index is 574. The highest BCUT2D eigenvalue weighted by Gasteiger charge is 2.06. The van der Waals surface area contributed by atoms with Gasteiger partial charge in [-0.3, -0.25) is 4.79 Å². The molecule has 2 amide bonds. The summed E-state index contributed by atoms with van der Waals surface area (Å²) in [5, 5.41) is 2.60. The van der Waals surface area contributed by atoms with Crippen LogP contribution >= 0.6 is 0 Å². The Morgan fingerprint density at radius 3 is 2.80 bits per heavy atom. The summed E-state index contributed by atoms with van der Waals surface area (Å²) >= 11 is 0. The lowest BCUT2D eigenvalue weighted by atomic mass is 10.2. The fourth-order valence-electron chi connectivity index (χ4n) is 1.30. The van der Waals surface area contributed by atoms with Gasteiger partial charge in [0, 0.05) is 0 Å². The molecule has 1 heterocycles. The predicted octanol–water partition coefficient (Wildman–Crippen LogP) is 1.28. The minimum atomic E-state index is -0.794. The van der Waals surface area contributed by atoms with Crippen molar-refractivity contribution < 1.29 is 9.21 Å². The van der Waals surface area contributed by atoms with E-state index in [2.05, 4.69) is 5.32 Å². The minimum Gasteiger partial charge on any atom is -0.462 e. The Morgan fingerprint density at radius 1 is 1.33 bits per heavy atom. The summed E-state index contributed by atoms with van der Waals surface area (Å²) in [6.07, 6.45) is 1.18. The molecule has 0 saturated heterocycles. The molecule has 15 heavy (non-hydrogen) atoms. The van der Waals surface area contributed by atoms with Crippen LogP contribution in [0.5, 0.6) is 0 Å². The number of para-hydroxylation sites is 1. The lowest BCUT2D eigenvalue weighted by Gasteiger charge is -2.01. The standard InChI is InChI=1S/C10H8N2O3/c11-10(14)12-7-5-15-8-4-2-1-3-6(8)9(7)13/h1-5H,(H3,11,12,14). The Labute approximate surface area is 84.5 Å². The molecule has 0 aliphatic rings. The number of nitrogens with one attached hydrogen (secondary N) is 1. The van der Waals surface area contributed by atoms with E-state index in [0.717, 1.165) is 0 Å². The number of hydrogen-bond donors (Lipinski definition) is 2. The number of hydrogen-bond acceptors (Lipinski definition) is 3. The van der Waals surface area contributed by atoms with E-state index >= 15 is 0 Å². The van der Waals surface area contributed by atoms with Crippen molar-refractivity contribution in [3.05, 3.63) is 40.8 Å². The zero-order valence-electron chi connectivity index (χ0n) is 7.69. The number of nitrogens with two attached hydrogens (primary N) is 1. The van der Waals surface area contributed by atoms with Gasteiger partial charge >= 0.3 is 6.03 Å². The van der Waals surface area contributed by atoms with E-state index in [1.54, 1.807) is 24.3 Å². The minimum absolute atomic E-state index is 0.0428. The smallest absolute Gasteiger partial charge is 0.316 e. The van der Waals surface area contributed by atoms with E-state index in [-0.39, 0.29) is 11.1 Å². The highest BCUT2D eigenvalue weighted by molar-refractivity contribution is 5.90. The van der Waals surface area contributed by atoms with Gasteiger partial charge in [-0.05, 0) is 12.1 Å². The number of urea groups is 1. The quantitative estimate of drug-likeness (QED) is 0.733. The van der Waals surface area contributed by atoms with Crippen LogP contribution in [-0.4, -0.2) is 6.03 Å². The van der Waals surface area contributed by atoms with Crippen LogP contribution < -0.4 is 16.5 Å². The first kappa shape index (κ1) is 9.26. The van der Waals surface area contributed by atoms with Crippen LogP contribution in [0.4, 0.5) is 10.5 Å². The molecule has 0 aliphatic carbocycles. The molecule has 5 nitrogen and oxygen atoms in total. The van der Waals surface area contributed by atoms with E-state index in [9.17, 15) is 9.59 Å². The second-order valence-corrected chi connectivity index (χ2v) is 2.96. The molecule has 0 spiro atoms. The summed E-state index contributed by atoms with van der Waals surface area (Å²) in [4.78, 5) is 22.3. The summed E-state index contributed by atoms with van der Waals surface area (Å²) in [6.45, 7) is 0. The van der Waals surface area contributed by atoms with Gasteiger partial charge in [0.15, 0.2) is 0 Å². The number of anilines is 1. The number of rotatable bonds is 1. The monoisotopic (exact) mass is 204 g/mol. The SMILES string of the molecule is NC(=O)Nc1coc2ccccc2c1=O. The first-order chi connectivity index (χ1) is 7.18. The van der Waals surface area contributed by atoms with E-state index in [1.807, 2.05) is 0 Å². The third kappa shape index (κ3) is 1.67. The number of benzene rings is 1. The zero-order chi connectivity index (χ0) is 10.8. The maximum atomic E-state index is 11.7. The van der Waals surface area contributed by atoms with Gasteiger partial charge < -0.3 is 15.5 Å². The van der Waals surface area contributed by atoms with E-state index < -0.39 is 6.03 Å². The van der Waals surface area contributed by atoms with Crippen molar-refractivity contribution >= 4 is 22.7 Å². The molecule has 76 valence electrons. The lowest BCUT2D eigenvalue weighted by molar-refractivity contribution is 0.259. The van der Waals surface area contributed by atoms with Crippen LogP contribution in [0, 0.1) is 0 Å². The highest BCUT2D eigenvalue weighted by Crippen LogP contribution is 2.12. The summed E-state index contributed by atoms with van der Waals surface area (Å²) in [5.41, 5.74) is 5.11. The first-order valence-electron chi connectivity index (χ1n) is 4.25. The number of amides is 2. The van der Waals surface area contributed by atoms with Crippen LogP contribution in [0.3, 0.4) is 0 Å². The molecule has 0 radical (unpaired) electrons. The fourth-order valence-corrected chi connectivity index (χ4v) is 1.30. The van der Waals surface area contributed by atoms with Crippen molar-refractivity contribution in [1.29, 1.82) is 0 Å². The molecular formula is C10H8N2O3. The summed E-state index contributed by atoms with van der Waals surface area (Å²) < 4.78 is 5.15. The van der Waals surface area contributed by atoms with Crippen LogP contribution in [0.15, 0.2) is 39.7 Å². The molecule has 3 N–H and O–H groups in total. The number of fused-ring (bicyclic) bond motifs is 1. The van der Waals surface area contributed by atoms with Crippen molar-refractivity contribution in [3.63, 3.8) is 0 Å². The molecule has 0 bridgehead atoms. The molecule has 1 aromatic heterocycles. The maximum absolute atomic E-state index is 11.7. The van der Waals surface area contributed by atoms with Crippen molar-refractivity contribution in [3.8, 4) is 0 Å². The van der Waals surface area contributed by atoms with Gasteiger partial charge in [-0.25, -0.2) is 4.79 Å². The van der Waals surface area contributed by atoms with E-state index in [1.165, 1.54) is 6.26 Å². The molecule has 0 saturated carbocycles. The molecular weight excluding hydrogens is 196 g/mol. The largest absolute Gasteiger partial charge is 0.462 e. The van der Waals surface area contributed by atoms with Gasteiger partial charge in [-0.1, -0.05) is 12.1 Å². The third-order valence-corrected chi connectivity index (χ3v) is 1.94. The third-order valence-electron chi connectivity index (χ3n) is 1.94. The van der Waals surface area contributed by atoms with Crippen LogP contribution in [-0.2, 0) is 0 Å². The summed E-state index contributed by atoms with van der Waals surface area (Å²) in [5.74, 6) is 0. The molecule has 0 unspecified atom stereocenters. The van der Waals surface area contributed by atoms with Gasteiger partial charge in [-0.2, -0.15) is 0 Å². The molecule has 0 atom stereocenters. The molecule has 2 rings (SSSR count). The summed E-state index contributed by atoms with van der Waals surface area (Å²) in [6, 6.07) is 5.97. The van der Waals surface area contributed by atoms with Crippen molar-refractivity contribution in [2.24, 2.45) is 5.73 Å². The summed E-state index contributed by atoms with van der Waals surface area (Å²) in [7, 11) is 0. The Hall–Kier alpha value is -2.30. The topological polar surface area (TPSA) is 85.3 Å². The maximum Gasteiger partial charge on any atom is 0.316 e. The zero-order valence-corrected chi connectivity index (χ0v) is 7.69. The second-order valence-electron chi connectivity index (χ2n) is 2.96. The van der Waals surface area contributed by atoms with Crippen molar-refractivity contribution in [2.45, 2.75) is 0 Å². The lowest BCUT2D eigenvalue weighted by Crippen LogP contribution is -2.23. The highest BCUT2D eigenvalue weighted by atomic mass is 16.3. The fraction of sp³-hybridized carbons (Fsp3) is 0. The van der Waals surface area contributed by atoms with Crippen LogP contribution in [0.1, 0.15) is 0 Å². The molecule has 0 fully saturated rings. The van der Waals surface area contributed by atoms with Crippen molar-refractivity contribution in [1.82, 2.24) is 0 Å². The van der Waals surface area contributed by atoms with E-state index in [4.69, 9.17) is 10.2 Å². The molecule has 2 aromatic rings. The van der Waals surface area contributed by atoms with Gasteiger partial charge in [0.1, 0.15) is 17.5 Å². The molecule has 5 heteroatoms. The molecule has 1 aromatic carbocycles. The van der Waals surface area contributed by atoms with Gasteiger partial charge in [0.2, 0.25) is 5.43 Å². The van der Waals surface area contributed by atoms with Gasteiger partial charge in [-0.15, -0.1) is 0 Å². The van der Waals surface area contributed by atoms with Gasteiger partial charge in [0.05, 0.1) is 5.39 Å². The normalized spacial score (nSPS) is 10.1. The Kier molecular flexibility index (Phi) is 2.13. The number of carbonyl (C=O) groups excluding carboxylic acids is 1. The average molecular weight is 204 g/mol. The molecule has 0 aliphatic heterocycles. The Morgan fingerprint density at radius 2 is 2.07 bits per heavy atom. The van der Waals surface area contributed by atoms with Crippen LogP contribution in [0.25, 0.3) is 11.0 Å². The van der Waals surface area contributed by atoms with Crippen molar-refractivity contribution in [2.75, 3.05) is 5.32 Å². The number of carbonyl (C=O) groups is 1. The second kappa shape index (κ2) is 3.45. The van der Waals surface area contributed by atoms with E-state index in [0.29, 0.717) is 11.0 Å².